The molecule has 0 saturated carbocycles. The van der Waals surface area contributed by atoms with Crippen LogP contribution in [0.1, 0.15) is 47.7 Å². The van der Waals surface area contributed by atoms with Crippen molar-refractivity contribution in [2.45, 2.75) is 46.3 Å². The van der Waals surface area contributed by atoms with Crippen molar-refractivity contribution in [3.05, 3.63) is 22.1 Å². The first-order chi connectivity index (χ1) is 12.8. The van der Waals surface area contributed by atoms with Crippen molar-refractivity contribution in [1.82, 2.24) is 24.5 Å². The number of nitrogens with zero attached hydrogens (tertiary/aromatic N) is 5. The first-order valence-corrected chi connectivity index (χ1v) is 9.88. The molecule has 3 aromatic heterocycles. The molecule has 0 radical (unpaired) electrons. The largest absolute Gasteiger partial charge is 0.395 e. The van der Waals surface area contributed by atoms with Gasteiger partial charge in [0, 0.05) is 24.4 Å². The minimum absolute atomic E-state index is 0.0924. The summed E-state index contributed by atoms with van der Waals surface area (Å²) in [5.41, 5.74) is 1.61. The Balaban J connectivity index is 1.90. The molecule has 0 unspecified atom stereocenters. The molecular formula is C18H23N5O3S. The number of ether oxygens (including phenoxy) is 1. The molecule has 1 aliphatic rings. The summed E-state index contributed by atoms with van der Waals surface area (Å²) in [6.07, 6.45) is 0.768. The number of hydrogen-bond donors (Lipinski definition) is 1. The topological polar surface area (TPSA) is 92.8 Å². The Kier molecular flexibility index (Phi) is 4.40. The molecule has 3 aromatic rings. The van der Waals surface area contributed by atoms with Gasteiger partial charge in [-0.1, -0.05) is 0 Å². The van der Waals surface area contributed by atoms with E-state index in [2.05, 4.69) is 28.9 Å². The predicted octanol–water partition coefficient (Wildman–Crippen LogP) is 1.95. The van der Waals surface area contributed by atoms with Gasteiger partial charge in [0.25, 0.3) is 5.91 Å². The van der Waals surface area contributed by atoms with Crippen LogP contribution in [0.3, 0.4) is 0 Å². The molecule has 4 rings (SSSR count). The van der Waals surface area contributed by atoms with Gasteiger partial charge in [0.2, 0.25) is 5.82 Å². The fourth-order valence-corrected chi connectivity index (χ4v) is 4.64. The molecule has 1 aliphatic heterocycles. The third-order valence-corrected chi connectivity index (χ3v) is 6.00. The fraction of sp³-hybridized carbons (Fsp3) is 0.556. The van der Waals surface area contributed by atoms with Gasteiger partial charge in [-0.25, -0.2) is 9.97 Å². The molecule has 4 heterocycles. The first kappa shape index (κ1) is 18.3. The normalized spacial score (nSPS) is 16.0. The molecule has 0 aromatic carbocycles. The van der Waals surface area contributed by atoms with Crippen molar-refractivity contribution in [3.63, 3.8) is 0 Å². The molecule has 27 heavy (non-hydrogen) atoms. The number of carbonyl (C=O) groups excluding carboxylic acids is 1. The number of likely N-dealkylation sites (N-methyl/N-ethyl adjacent to an activating group) is 1. The number of thiophene rings is 1. The zero-order valence-corrected chi connectivity index (χ0v) is 16.8. The summed E-state index contributed by atoms with van der Waals surface area (Å²) in [6, 6.07) is 0. The molecule has 9 heteroatoms. The molecule has 1 amide bonds. The van der Waals surface area contributed by atoms with Gasteiger partial charge < -0.3 is 14.7 Å². The summed E-state index contributed by atoms with van der Waals surface area (Å²) < 4.78 is 7.59. The van der Waals surface area contributed by atoms with E-state index in [4.69, 9.17) is 4.74 Å². The van der Waals surface area contributed by atoms with E-state index in [1.807, 2.05) is 13.8 Å². The fourth-order valence-electron chi connectivity index (χ4n) is 3.50. The Morgan fingerprint density at radius 1 is 1.41 bits per heavy atom. The summed E-state index contributed by atoms with van der Waals surface area (Å²) in [6.45, 7) is 9.10. The molecule has 0 spiro atoms. The molecule has 8 nitrogen and oxygen atoms in total. The summed E-state index contributed by atoms with van der Waals surface area (Å²) in [4.78, 5) is 25.6. The number of hydrogen-bond acceptors (Lipinski definition) is 7. The van der Waals surface area contributed by atoms with Crippen LogP contribution in [0.15, 0.2) is 0 Å². The highest BCUT2D eigenvalue weighted by molar-refractivity contribution is 7.19. The quantitative estimate of drug-likeness (QED) is 0.733. The number of carbonyl (C=O) groups is 1. The van der Waals surface area contributed by atoms with Crippen molar-refractivity contribution in [1.29, 1.82) is 0 Å². The molecular weight excluding hydrogens is 366 g/mol. The maximum Gasteiger partial charge on any atom is 0.293 e. The van der Waals surface area contributed by atoms with E-state index in [9.17, 15) is 9.90 Å². The van der Waals surface area contributed by atoms with Gasteiger partial charge in [-0.3, -0.25) is 4.79 Å². The van der Waals surface area contributed by atoms with Gasteiger partial charge in [-0.15, -0.1) is 16.4 Å². The number of aryl methyl sites for hydroxylation is 1. The molecule has 0 atom stereocenters. The Morgan fingerprint density at radius 2 is 2.19 bits per heavy atom. The van der Waals surface area contributed by atoms with Gasteiger partial charge in [0.15, 0.2) is 5.65 Å². The second kappa shape index (κ2) is 6.50. The highest BCUT2D eigenvalue weighted by Gasteiger charge is 2.31. The van der Waals surface area contributed by atoms with E-state index in [0.717, 1.165) is 21.5 Å². The van der Waals surface area contributed by atoms with Crippen LogP contribution in [-0.4, -0.2) is 60.8 Å². The van der Waals surface area contributed by atoms with E-state index in [-0.39, 0.29) is 30.5 Å². The number of aliphatic hydroxyl groups is 1. The van der Waals surface area contributed by atoms with Crippen molar-refractivity contribution in [3.8, 4) is 0 Å². The highest BCUT2D eigenvalue weighted by atomic mass is 32.1. The molecule has 1 N–H and O–H groups in total. The van der Waals surface area contributed by atoms with E-state index in [1.54, 1.807) is 15.9 Å². The second-order valence-corrected chi connectivity index (χ2v) is 8.43. The van der Waals surface area contributed by atoms with E-state index in [1.165, 1.54) is 10.5 Å². The maximum atomic E-state index is 12.8. The molecule has 144 valence electrons. The average molecular weight is 389 g/mol. The van der Waals surface area contributed by atoms with Crippen LogP contribution in [-0.2, 0) is 17.8 Å². The lowest BCUT2D eigenvalue weighted by Gasteiger charge is -2.30. The highest BCUT2D eigenvalue weighted by Crippen LogP contribution is 2.39. The Hall–Kier alpha value is -2.10. The van der Waals surface area contributed by atoms with Crippen LogP contribution in [0.5, 0.6) is 0 Å². The lowest BCUT2D eigenvalue weighted by molar-refractivity contribution is -0.0379. The smallest absolute Gasteiger partial charge is 0.293 e. The first-order valence-electron chi connectivity index (χ1n) is 9.06. The van der Waals surface area contributed by atoms with Crippen LogP contribution in [0.4, 0.5) is 0 Å². The van der Waals surface area contributed by atoms with E-state index in [0.29, 0.717) is 24.6 Å². The maximum absolute atomic E-state index is 12.8. The van der Waals surface area contributed by atoms with Gasteiger partial charge in [0.05, 0.1) is 24.2 Å². The molecule has 0 fully saturated rings. The van der Waals surface area contributed by atoms with E-state index < -0.39 is 0 Å². The lowest BCUT2D eigenvalue weighted by atomic mass is 9.94. The number of aliphatic hydroxyl groups excluding tert-OH is 1. The molecule has 0 aliphatic carbocycles. The molecule has 0 saturated heterocycles. The van der Waals surface area contributed by atoms with Crippen molar-refractivity contribution < 1.29 is 14.6 Å². The van der Waals surface area contributed by atoms with Crippen molar-refractivity contribution in [2.75, 3.05) is 19.7 Å². The summed E-state index contributed by atoms with van der Waals surface area (Å²) in [7, 11) is 0. The Morgan fingerprint density at radius 3 is 2.89 bits per heavy atom. The standard InChI is InChI=1S/C18H23N5O3S/c1-5-22(6-7-24)17(25)14-20-15-13-11-8-18(3,4)26-9-12(11)27-16(13)19-10(2)23(15)21-14/h24H,5-9H2,1-4H3. The van der Waals surface area contributed by atoms with Crippen molar-refractivity contribution in [2.24, 2.45) is 0 Å². The van der Waals surface area contributed by atoms with Gasteiger partial charge >= 0.3 is 0 Å². The summed E-state index contributed by atoms with van der Waals surface area (Å²) >= 11 is 1.62. The van der Waals surface area contributed by atoms with Crippen LogP contribution in [0, 0.1) is 6.92 Å². The lowest BCUT2D eigenvalue weighted by Crippen LogP contribution is -2.34. The summed E-state index contributed by atoms with van der Waals surface area (Å²) in [5, 5.41) is 14.6. The summed E-state index contributed by atoms with van der Waals surface area (Å²) in [5.74, 6) is 0.539. The van der Waals surface area contributed by atoms with Gasteiger partial charge in [0.1, 0.15) is 10.7 Å². The number of amides is 1. The average Bonchev–Trinajstić information content (AvgIpc) is 3.19. The predicted molar refractivity (Wildman–Crippen MR) is 102 cm³/mol. The zero-order chi connectivity index (χ0) is 19.3. The monoisotopic (exact) mass is 389 g/mol. The minimum atomic E-state index is -0.282. The van der Waals surface area contributed by atoms with Crippen LogP contribution in [0.2, 0.25) is 0 Å². The second-order valence-electron chi connectivity index (χ2n) is 7.35. The third-order valence-electron chi connectivity index (χ3n) is 4.90. The van der Waals surface area contributed by atoms with Crippen molar-refractivity contribution >= 4 is 33.1 Å². The number of aromatic nitrogens is 4. The zero-order valence-electron chi connectivity index (χ0n) is 15.9. The Bertz CT molecular complexity index is 1040. The molecule has 0 bridgehead atoms. The van der Waals surface area contributed by atoms with Crippen LogP contribution < -0.4 is 0 Å². The Labute approximate surface area is 160 Å². The van der Waals surface area contributed by atoms with E-state index >= 15 is 0 Å². The van der Waals surface area contributed by atoms with Gasteiger partial charge in [-0.05, 0) is 33.3 Å². The number of rotatable bonds is 4. The third kappa shape index (κ3) is 2.99. The van der Waals surface area contributed by atoms with Crippen LogP contribution in [0.25, 0.3) is 15.9 Å². The van der Waals surface area contributed by atoms with Gasteiger partial charge in [-0.2, -0.15) is 4.52 Å². The minimum Gasteiger partial charge on any atom is -0.395 e. The number of fused-ring (bicyclic) bond motifs is 5. The SMILES string of the molecule is CCN(CCO)C(=O)c1nc2c3c4c(sc3nc(C)n2n1)COC(C)(C)C4. The van der Waals surface area contributed by atoms with Crippen LogP contribution >= 0.6 is 11.3 Å².